The molecule has 0 bridgehead atoms. The molecule has 3 fully saturated rings. The van der Waals surface area contributed by atoms with Crippen LogP contribution in [0.2, 0.25) is 0 Å². The van der Waals surface area contributed by atoms with Crippen LogP contribution >= 0.6 is 11.3 Å². The van der Waals surface area contributed by atoms with E-state index < -0.39 is 0 Å². The molecule has 2 aromatic heterocycles. The molecule has 11 heteroatoms. The molecule has 1 unspecified atom stereocenters. The Morgan fingerprint density at radius 2 is 1.98 bits per heavy atom. The normalized spacial score (nSPS) is 24.9. The summed E-state index contributed by atoms with van der Waals surface area (Å²) in [6.45, 7) is 8.99. The Labute approximate surface area is 244 Å². The molecule has 3 aromatic rings. The number of carbonyl (C=O) groups excluding carboxylic acids is 2. The predicted octanol–water partition coefficient (Wildman–Crippen LogP) is 3.97. The minimum atomic E-state index is -0.0120. The fourth-order valence-corrected chi connectivity index (χ4v) is 6.93. The van der Waals surface area contributed by atoms with Gasteiger partial charge in [-0.2, -0.15) is 0 Å². The van der Waals surface area contributed by atoms with Crippen LogP contribution in [0.15, 0.2) is 30.6 Å². The third-order valence-corrected chi connectivity index (χ3v) is 9.39. The Bertz CT molecular complexity index is 1370. The van der Waals surface area contributed by atoms with Crippen molar-refractivity contribution in [2.45, 2.75) is 58.2 Å². The average molecular weight is 579 g/mol. The van der Waals surface area contributed by atoms with Crippen LogP contribution < -0.4 is 5.32 Å². The van der Waals surface area contributed by atoms with E-state index in [0.29, 0.717) is 49.5 Å². The zero-order valence-electron chi connectivity index (χ0n) is 23.8. The third-order valence-electron chi connectivity index (χ3n) is 8.46. The lowest BCUT2D eigenvalue weighted by Crippen LogP contribution is -2.60. The number of nitrogens with zero attached hydrogens (tertiary/aromatic N) is 5. The van der Waals surface area contributed by atoms with Crippen molar-refractivity contribution in [2.75, 3.05) is 44.8 Å². The molecule has 1 N–H and O–H groups in total. The topological polar surface area (TPSA) is 110 Å². The summed E-state index contributed by atoms with van der Waals surface area (Å²) >= 11 is 1.49. The number of carbonyl (C=O) groups is 2. The Hall–Kier alpha value is -2.99. The van der Waals surface area contributed by atoms with Crippen molar-refractivity contribution < 1.29 is 19.1 Å². The van der Waals surface area contributed by atoms with Crippen LogP contribution in [0, 0.1) is 11.8 Å². The van der Waals surface area contributed by atoms with Crippen molar-refractivity contribution >= 4 is 38.5 Å². The van der Waals surface area contributed by atoms with E-state index in [1.807, 2.05) is 29.4 Å². The summed E-state index contributed by atoms with van der Waals surface area (Å²) in [4.78, 5) is 43.8. The van der Waals surface area contributed by atoms with E-state index in [4.69, 9.17) is 9.47 Å². The van der Waals surface area contributed by atoms with E-state index >= 15 is 0 Å². The van der Waals surface area contributed by atoms with Crippen molar-refractivity contribution in [3.05, 3.63) is 36.4 Å². The minimum Gasteiger partial charge on any atom is -0.381 e. The van der Waals surface area contributed by atoms with Crippen molar-refractivity contribution in [3.8, 4) is 11.1 Å². The largest absolute Gasteiger partial charge is 0.381 e. The van der Waals surface area contributed by atoms with Crippen molar-refractivity contribution in [1.82, 2.24) is 24.8 Å². The highest BCUT2D eigenvalue weighted by Crippen LogP contribution is 2.36. The van der Waals surface area contributed by atoms with Gasteiger partial charge < -0.3 is 19.7 Å². The smallest absolute Gasteiger partial charge is 0.229 e. The molecular formula is C30H38N6O4S. The predicted molar refractivity (Wildman–Crippen MR) is 157 cm³/mol. The minimum absolute atomic E-state index is 0.0120. The summed E-state index contributed by atoms with van der Waals surface area (Å²) in [5.41, 5.74) is 2.79. The van der Waals surface area contributed by atoms with Crippen LogP contribution in [0.3, 0.4) is 0 Å². The molecule has 1 saturated carbocycles. The lowest BCUT2D eigenvalue weighted by Gasteiger charge is -2.49. The molecule has 4 heterocycles. The first-order valence-electron chi connectivity index (χ1n) is 14.7. The second-order valence-corrected chi connectivity index (χ2v) is 12.4. The van der Waals surface area contributed by atoms with E-state index in [1.54, 1.807) is 0 Å². The van der Waals surface area contributed by atoms with Gasteiger partial charge in [0.15, 0.2) is 11.0 Å². The number of amides is 2. The number of benzene rings is 1. The van der Waals surface area contributed by atoms with Crippen LogP contribution in [-0.2, 0) is 25.7 Å². The molecule has 2 aliphatic heterocycles. The summed E-state index contributed by atoms with van der Waals surface area (Å²) in [7, 11) is 0. The number of hydrogen-bond acceptors (Lipinski definition) is 9. The van der Waals surface area contributed by atoms with Crippen LogP contribution in [0.4, 0.5) is 5.13 Å². The zero-order valence-corrected chi connectivity index (χ0v) is 24.6. The summed E-state index contributed by atoms with van der Waals surface area (Å²) in [5, 5.41) is 3.69. The van der Waals surface area contributed by atoms with Gasteiger partial charge in [0.05, 0.1) is 22.7 Å². The second-order valence-electron chi connectivity index (χ2n) is 11.4. The number of anilines is 1. The van der Waals surface area contributed by atoms with Gasteiger partial charge in [-0.15, -0.1) is 0 Å². The SMILES string of the molecule is CCCOCc1ncc(-c2ccc3nc(NC(=O)[C@H]4C[C@@H](N5CCN(C(=O)C6CCOC6)C[C@@H]5C)C4)sc3c2)cn1. The highest BCUT2D eigenvalue weighted by molar-refractivity contribution is 7.22. The molecule has 0 radical (unpaired) electrons. The Kier molecular flexibility index (Phi) is 8.57. The van der Waals surface area contributed by atoms with Gasteiger partial charge in [-0.05, 0) is 50.3 Å². The van der Waals surface area contributed by atoms with E-state index in [1.165, 1.54) is 11.3 Å². The van der Waals surface area contributed by atoms with Crippen molar-refractivity contribution in [1.29, 1.82) is 0 Å². The second kappa shape index (κ2) is 12.5. The summed E-state index contributed by atoms with van der Waals surface area (Å²) in [6, 6.07) is 6.72. The van der Waals surface area contributed by atoms with Crippen LogP contribution in [0.5, 0.6) is 0 Å². The highest BCUT2D eigenvalue weighted by Gasteiger charge is 2.42. The standard InChI is InChI=1S/C30H38N6O4S/c1-3-9-39-18-27-31-14-23(15-32-27)20-4-5-25-26(13-20)41-30(33-25)34-28(37)22-11-24(12-22)36-8-7-35(16-19(36)2)29(38)21-6-10-40-17-21/h4-5,13-15,19,21-22,24H,3,6-12,16-18H2,1-2H3,(H,33,34,37)/t19-,21?,22-,24+/m0/s1. The fraction of sp³-hybridized carbons (Fsp3) is 0.567. The highest BCUT2D eigenvalue weighted by atomic mass is 32.1. The molecular weight excluding hydrogens is 540 g/mol. The monoisotopic (exact) mass is 578 g/mol. The molecule has 41 heavy (non-hydrogen) atoms. The van der Waals surface area contributed by atoms with Gasteiger partial charge in [0.25, 0.3) is 0 Å². The third kappa shape index (κ3) is 6.28. The average Bonchev–Trinajstić information content (AvgIpc) is 3.63. The van der Waals surface area contributed by atoms with Crippen LogP contribution in [0.25, 0.3) is 21.3 Å². The Morgan fingerprint density at radius 1 is 1.15 bits per heavy atom. The molecule has 6 rings (SSSR count). The summed E-state index contributed by atoms with van der Waals surface area (Å²) in [5.74, 6) is 0.961. The number of thiazole rings is 1. The van der Waals surface area contributed by atoms with Gasteiger partial charge in [0.1, 0.15) is 6.61 Å². The quantitative estimate of drug-likeness (QED) is 0.380. The number of fused-ring (bicyclic) bond motifs is 1. The van der Waals surface area contributed by atoms with Gasteiger partial charge >= 0.3 is 0 Å². The first-order chi connectivity index (χ1) is 20.0. The lowest BCUT2D eigenvalue weighted by atomic mass is 9.78. The fourth-order valence-electron chi connectivity index (χ4n) is 6.03. The van der Waals surface area contributed by atoms with Crippen molar-refractivity contribution in [3.63, 3.8) is 0 Å². The number of aromatic nitrogens is 3. The molecule has 2 amide bonds. The summed E-state index contributed by atoms with van der Waals surface area (Å²) < 4.78 is 11.9. The van der Waals surface area contributed by atoms with E-state index in [0.717, 1.165) is 66.7 Å². The van der Waals surface area contributed by atoms with Crippen LogP contribution in [-0.4, -0.2) is 88.1 Å². The maximum Gasteiger partial charge on any atom is 0.229 e. The maximum atomic E-state index is 13.0. The van der Waals surface area contributed by atoms with E-state index in [2.05, 4.69) is 45.1 Å². The van der Waals surface area contributed by atoms with Gasteiger partial charge in [0, 0.05) is 68.8 Å². The van der Waals surface area contributed by atoms with Gasteiger partial charge in [-0.1, -0.05) is 24.3 Å². The molecule has 218 valence electrons. The molecule has 1 aliphatic carbocycles. The first-order valence-corrected chi connectivity index (χ1v) is 15.5. The van der Waals surface area contributed by atoms with E-state index in [9.17, 15) is 9.59 Å². The van der Waals surface area contributed by atoms with Gasteiger partial charge in [-0.3, -0.25) is 14.5 Å². The number of ether oxygens (including phenoxy) is 2. The number of nitrogens with one attached hydrogen (secondary N) is 1. The molecule has 10 nitrogen and oxygen atoms in total. The molecule has 3 aliphatic rings. The number of hydrogen-bond donors (Lipinski definition) is 1. The Balaban J connectivity index is 1.00. The zero-order chi connectivity index (χ0) is 28.3. The van der Waals surface area contributed by atoms with Crippen LogP contribution in [0.1, 0.15) is 45.4 Å². The van der Waals surface area contributed by atoms with Gasteiger partial charge in [-0.25, -0.2) is 15.0 Å². The molecule has 1 aromatic carbocycles. The molecule has 0 spiro atoms. The van der Waals surface area contributed by atoms with Gasteiger partial charge in [0.2, 0.25) is 11.8 Å². The summed E-state index contributed by atoms with van der Waals surface area (Å²) in [6.07, 6.45) is 7.12. The number of rotatable bonds is 9. The maximum absolute atomic E-state index is 13.0. The number of piperazine rings is 1. The van der Waals surface area contributed by atoms with Crippen molar-refractivity contribution in [2.24, 2.45) is 11.8 Å². The Morgan fingerprint density at radius 3 is 2.71 bits per heavy atom. The lowest BCUT2D eigenvalue weighted by molar-refractivity contribution is -0.140. The van der Waals surface area contributed by atoms with E-state index in [-0.39, 0.29) is 23.7 Å². The molecule has 2 saturated heterocycles. The molecule has 2 atom stereocenters. The first kappa shape index (κ1) is 28.1.